The van der Waals surface area contributed by atoms with E-state index >= 15 is 0 Å². The van der Waals surface area contributed by atoms with E-state index in [1.807, 2.05) is 0 Å². The fraction of sp³-hybridized carbons (Fsp3) is 0.875. The lowest BCUT2D eigenvalue weighted by atomic mass is 9.84. The van der Waals surface area contributed by atoms with Gasteiger partial charge in [-0.1, -0.05) is 20.3 Å². The van der Waals surface area contributed by atoms with E-state index in [0.717, 1.165) is 11.8 Å². The van der Waals surface area contributed by atoms with Crippen molar-refractivity contribution in [2.45, 2.75) is 33.1 Å². The van der Waals surface area contributed by atoms with Gasteiger partial charge in [0.2, 0.25) is 0 Å². The van der Waals surface area contributed by atoms with Crippen molar-refractivity contribution in [1.82, 2.24) is 0 Å². The molecule has 0 amide bonds. The summed E-state index contributed by atoms with van der Waals surface area (Å²) in [6, 6.07) is 0. The van der Waals surface area contributed by atoms with Gasteiger partial charge in [0.1, 0.15) is 0 Å². The first-order chi connectivity index (χ1) is 3.79. The summed E-state index contributed by atoms with van der Waals surface area (Å²) in [5, 5.41) is 0. The predicted octanol–water partition coefficient (Wildman–Crippen LogP) is 2.65. The van der Waals surface area contributed by atoms with Crippen molar-refractivity contribution in [2.75, 3.05) is 0 Å². The summed E-state index contributed by atoms with van der Waals surface area (Å²) in [5.41, 5.74) is 0. The average Bonchev–Trinajstić information content (AvgIpc) is 1.64. The van der Waals surface area contributed by atoms with E-state index in [4.69, 9.17) is 0 Å². The lowest BCUT2D eigenvalue weighted by Crippen LogP contribution is -2.10. The molecule has 2 unspecified atom stereocenters. The molecule has 0 heteroatoms. The van der Waals surface area contributed by atoms with Crippen LogP contribution in [0.15, 0.2) is 0 Å². The van der Waals surface area contributed by atoms with Gasteiger partial charge in [-0.05, 0) is 31.1 Å². The van der Waals surface area contributed by atoms with Crippen LogP contribution >= 0.6 is 0 Å². The molecule has 0 spiro atoms. The molecule has 0 bridgehead atoms. The molecule has 1 aliphatic carbocycles. The molecule has 0 aromatic rings. The molecule has 1 rings (SSSR count). The van der Waals surface area contributed by atoms with Gasteiger partial charge in [-0.3, -0.25) is 0 Å². The van der Waals surface area contributed by atoms with Crippen LogP contribution < -0.4 is 0 Å². The fourth-order valence-corrected chi connectivity index (χ4v) is 1.51. The van der Waals surface area contributed by atoms with Crippen molar-refractivity contribution < 1.29 is 0 Å². The van der Waals surface area contributed by atoms with Gasteiger partial charge in [0.25, 0.3) is 0 Å². The second-order valence-electron chi connectivity index (χ2n) is 3.13. The number of rotatable bonds is 0. The zero-order valence-electron chi connectivity index (χ0n) is 5.85. The Bertz CT molecular complexity index is 58.4. The minimum absolute atomic E-state index is 0.888. The Kier molecular flexibility index (Phi) is 1.93. The molecule has 0 aromatic carbocycles. The van der Waals surface area contributed by atoms with Gasteiger partial charge in [-0.2, -0.15) is 0 Å². The quantitative estimate of drug-likeness (QED) is 0.451. The van der Waals surface area contributed by atoms with Crippen molar-refractivity contribution in [3.05, 3.63) is 6.42 Å². The molecule has 47 valence electrons. The Labute approximate surface area is 52.3 Å². The zero-order chi connectivity index (χ0) is 5.98. The number of hydrogen-bond donors (Lipinski definition) is 0. The standard InChI is InChI=1S/C8H15/c1-7-4-3-5-8(2)6-7/h4,7-8H,3,5-6H2,1-2H3. The average molecular weight is 111 g/mol. The highest BCUT2D eigenvalue weighted by Crippen LogP contribution is 2.26. The molecule has 0 heterocycles. The van der Waals surface area contributed by atoms with E-state index < -0.39 is 0 Å². The second kappa shape index (κ2) is 2.52. The molecule has 8 heavy (non-hydrogen) atoms. The molecular weight excluding hydrogens is 96.1 g/mol. The van der Waals surface area contributed by atoms with Crippen LogP contribution in [0.25, 0.3) is 0 Å². The second-order valence-corrected chi connectivity index (χ2v) is 3.13. The minimum Gasteiger partial charge on any atom is -0.0625 e. The third kappa shape index (κ3) is 1.50. The summed E-state index contributed by atoms with van der Waals surface area (Å²) in [6.07, 6.45) is 6.63. The largest absolute Gasteiger partial charge is 0.0625 e. The summed E-state index contributed by atoms with van der Waals surface area (Å²) in [4.78, 5) is 0. The van der Waals surface area contributed by atoms with Crippen LogP contribution in [0, 0.1) is 18.3 Å². The smallest absolute Gasteiger partial charge is 0.0357 e. The normalized spacial score (nSPS) is 39.8. The van der Waals surface area contributed by atoms with Crippen LogP contribution in [0.3, 0.4) is 0 Å². The third-order valence-electron chi connectivity index (χ3n) is 2.00. The number of hydrogen-bond acceptors (Lipinski definition) is 0. The summed E-state index contributed by atoms with van der Waals surface area (Å²) in [5.74, 6) is 1.87. The lowest BCUT2D eigenvalue weighted by Gasteiger charge is -2.22. The first kappa shape index (κ1) is 6.12. The Morgan fingerprint density at radius 3 is 2.50 bits per heavy atom. The molecule has 1 radical (unpaired) electrons. The van der Waals surface area contributed by atoms with Crippen LogP contribution in [-0.2, 0) is 0 Å². The van der Waals surface area contributed by atoms with E-state index in [-0.39, 0.29) is 0 Å². The molecule has 0 aliphatic heterocycles. The molecule has 0 saturated heterocycles. The highest BCUT2D eigenvalue weighted by molar-refractivity contribution is 4.80. The van der Waals surface area contributed by atoms with E-state index in [9.17, 15) is 0 Å². The molecular formula is C8H15. The maximum absolute atomic E-state index is 2.44. The molecule has 1 saturated carbocycles. The Morgan fingerprint density at radius 2 is 2.12 bits per heavy atom. The molecule has 1 fully saturated rings. The van der Waals surface area contributed by atoms with Gasteiger partial charge in [0.15, 0.2) is 0 Å². The van der Waals surface area contributed by atoms with E-state index in [0.29, 0.717) is 0 Å². The highest BCUT2D eigenvalue weighted by Gasteiger charge is 2.13. The van der Waals surface area contributed by atoms with Gasteiger partial charge in [-0.15, -0.1) is 0 Å². The molecule has 1 aliphatic rings. The van der Waals surface area contributed by atoms with Crippen LogP contribution in [0.5, 0.6) is 0 Å². The first-order valence-corrected chi connectivity index (χ1v) is 3.62. The van der Waals surface area contributed by atoms with E-state index in [2.05, 4.69) is 20.3 Å². The van der Waals surface area contributed by atoms with Gasteiger partial charge in [-0.25, -0.2) is 0 Å². The van der Waals surface area contributed by atoms with Gasteiger partial charge in [0.05, 0.1) is 0 Å². The van der Waals surface area contributed by atoms with Crippen molar-refractivity contribution in [3.63, 3.8) is 0 Å². The molecule has 0 N–H and O–H groups in total. The highest BCUT2D eigenvalue weighted by atomic mass is 14.2. The summed E-state index contributed by atoms with van der Waals surface area (Å²) < 4.78 is 0. The Morgan fingerprint density at radius 1 is 1.38 bits per heavy atom. The maximum Gasteiger partial charge on any atom is -0.0357 e. The van der Waals surface area contributed by atoms with E-state index in [1.165, 1.54) is 19.3 Å². The fourth-order valence-electron chi connectivity index (χ4n) is 1.51. The molecule has 2 atom stereocenters. The molecule has 0 nitrogen and oxygen atoms in total. The summed E-state index contributed by atoms with van der Waals surface area (Å²) in [7, 11) is 0. The van der Waals surface area contributed by atoms with Crippen LogP contribution in [0.2, 0.25) is 0 Å². The zero-order valence-corrected chi connectivity index (χ0v) is 5.85. The lowest BCUT2D eigenvalue weighted by molar-refractivity contribution is 0.365. The Hall–Kier alpha value is 0. The Balaban J connectivity index is 2.23. The van der Waals surface area contributed by atoms with Gasteiger partial charge >= 0.3 is 0 Å². The first-order valence-electron chi connectivity index (χ1n) is 3.62. The van der Waals surface area contributed by atoms with Crippen molar-refractivity contribution >= 4 is 0 Å². The topological polar surface area (TPSA) is 0 Å². The van der Waals surface area contributed by atoms with Crippen molar-refractivity contribution in [2.24, 2.45) is 11.8 Å². The van der Waals surface area contributed by atoms with Gasteiger partial charge < -0.3 is 0 Å². The SMILES string of the molecule is CC1[CH]CCC(C)C1. The minimum atomic E-state index is 0.888. The predicted molar refractivity (Wildman–Crippen MR) is 36.5 cm³/mol. The summed E-state index contributed by atoms with van der Waals surface area (Å²) >= 11 is 0. The summed E-state index contributed by atoms with van der Waals surface area (Å²) in [6.45, 7) is 4.67. The monoisotopic (exact) mass is 111 g/mol. The van der Waals surface area contributed by atoms with E-state index in [1.54, 1.807) is 0 Å². The van der Waals surface area contributed by atoms with Crippen molar-refractivity contribution in [3.8, 4) is 0 Å². The van der Waals surface area contributed by atoms with Crippen LogP contribution in [0.1, 0.15) is 33.1 Å². The van der Waals surface area contributed by atoms with Crippen molar-refractivity contribution in [1.29, 1.82) is 0 Å². The van der Waals surface area contributed by atoms with Crippen LogP contribution in [-0.4, -0.2) is 0 Å². The molecule has 0 aromatic heterocycles. The maximum atomic E-state index is 2.44. The van der Waals surface area contributed by atoms with Crippen LogP contribution in [0.4, 0.5) is 0 Å². The van der Waals surface area contributed by atoms with Gasteiger partial charge in [0, 0.05) is 0 Å². The third-order valence-corrected chi connectivity index (χ3v) is 2.00.